The van der Waals surface area contributed by atoms with E-state index >= 15 is 0 Å². The van der Waals surface area contributed by atoms with Crippen LogP contribution in [0.5, 0.6) is 0 Å². The van der Waals surface area contributed by atoms with Crippen molar-refractivity contribution in [2.75, 3.05) is 7.11 Å². The van der Waals surface area contributed by atoms with E-state index in [1.165, 1.54) is 7.11 Å². The molecule has 10 heteroatoms. The van der Waals surface area contributed by atoms with Crippen molar-refractivity contribution in [2.24, 2.45) is 5.92 Å². The summed E-state index contributed by atoms with van der Waals surface area (Å²) in [5, 5.41) is 15.2. The van der Waals surface area contributed by atoms with Gasteiger partial charge in [-0.05, 0) is 76.6 Å². The highest BCUT2D eigenvalue weighted by Crippen LogP contribution is 2.50. The molecule has 3 N–H and O–H groups in total. The molecule has 2 amide bonds. The highest BCUT2D eigenvalue weighted by molar-refractivity contribution is 6.47. The van der Waals surface area contributed by atoms with Gasteiger partial charge in [0.05, 0.1) is 36.2 Å². The van der Waals surface area contributed by atoms with Crippen molar-refractivity contribution in [3.63, 3.8) is 0 Å². The van der Waals surface area contributed by atoms with Crippen LogP contribution in [0, 0.1) is 5.92 Å². The van der Waals surface area contributed by atoms with Crippen molar-refractivity contribution in [3.05, 3.63) is 48.4 Å². The molecular weight excluding hydrogens is 507 g/mol. The molecule has 1 saturated heterocycles. The van der Waals surface area contributed by atoms with Crippen LogP contribution < -0.4 is 10.8 Å². The Labute approximate surface area is 235 Å². The molecule has 2 aliphatic rings. The van der Waals surface area contributed by atoms with Crippen LogP contribution in [-0.2, 0) is 14.2 Å². The maximum absolute atomic E-state index is 13.4. The highest BCUT2D eigenvalue weighted by Gasteiger charge is 2.50. The standard InChI is InChI=1S/C30H39BN4O5/c1-17(33-28(37)39-6)27(36)35-23-12-10-21(15-23)25(35)26-32-16-24(34-26)20-8-7-19-14-22(11-9-18(19)13-20)31-40-30(4,5)29(2,3)38/h7-9,11,13-14,16-17,21,23,25,31,38H,10,12,15H2,1-6H3,(H,32,34)(H,33,37)/t17-,21-,23+,25-/m0/s1. The minimum absolute atomic E-state index is 0.114. The smallest absolute Gasteiger partial charge is 0.407 e. The lowest BCUT2D eigenvalue weighted by molar-refractivity contribution is -0.137. The predicted octanol–water partition coefficient (Wildman–Crippen LogP) is 3.57. The predicted molar refractivity (Wildman–Crippen MR) is 155 cm³/mol. The summed E-state index contributed by atoms with van der Waals surface area (Å²) in [5.74, 6) is 1.01. The molecule has 5 rings (SSSR count). The number of amides is 2. The second kappa shape index (κ2) is 10.6. The number of piperidine rings is 1. The van der Waals surface area contributed by atoms with Crippen LogP contribution in [-0.4, -0.2) is 69.9 Å². The number of imidazole rings is 1. The maximum Gasteiger partial charge on any atom is 0.407 e. The van der Waals surface area contributed by atoms with Gasteiger partial charge in [0.15, 0.2) is 0 Å². The molecule has 0 radical (unpaired) electrons. The lowest BCUT2D eigenvalue weighted by Gasteiger charge is -2.37. The SMILES string of the molecule is COC(=O)N[C@@H](C)C(=O)N1[C@@H]2CC[C@@H](C2)[C@H]1c1ncc(-c2ccc3cc(BOC(C)(C)C(C)(C)O)ccc3c2)[nH]1. The average molecular weight is 546 g/mol. The Hall–Kier alpha value is -3.37. The van der Waals surface area contributed by atoms with Crippen LogP contribution in [0.25, 0.3) is 22.0 Å². The van der Waals surface area contributed by atoms with E-state index in [4.69, 9.17) is 9.64 Å². The Balaban J connectivity index is 1.33. The van der Waals surface area contributed by atoms with Gasteiger partial charge in [-0.15, -0.1) is 0 Å². The molecule has 1 aliphatic carbocycles. The van der Waals surface area contributed by atoms with Crippen LogP contribution in [0.2, 0.25) is 0 Å². The number of hydrogen-bond acceptors (Lipinski definition) is 6. The number of carbonyl (C=O) groups is 2. The average Bonchev–Trinajstić information content (AvgIpc) is 3.67. The Morgan fingerprint density at radius 1 is 1.15 bits per heavy atom. The van der Waals surface area contributed by atoms with Gasteiger partial charge in [-0.1, -0.05) is 35.8 Å². The van der Waals surface area contributed by atoms with E-state index in [0.29, 0.717) is 13.4 Å². The molecular formula is C30H39BN4O5. The van der Waals surface area contributed by atoms with Crippen molar-refractivity contribution in [3.8, 4) is 11.3 Å². The normalized spacial score (nSPS) is 21.5. The zero-order chi connectivity index (χ0) is 28.8. The Morgan fingerprint density at radius 2 is 1.88 bits per heavy atom. The van der Waals surface area contributed by atoms with Gasteiger partial charge in [0.2, 0.25) is 5.91 Å². The number of benzene rings is 2. The summed E-state index contributed by atoms with van der Waals surface area (Å²) in [6.45, 7) is 8.99. The molecule has 1 aromatic heterocycles. The Morgan fingerprint density at radius 3 is 2.60 bits per heavy atom. The minimum Gasteiger partial charge on any atom is -0.453 e. The van der Waals surface area contributed by atoms with Gasteiger partial charge in [-0.25, -0.2) is 9.78 Å². The van der Waals surface area contributed by atoms with E-state index in [9.17, 15) is 14.7 Å². The van der Waals surface area contributed by atoms with Crippen molar-refractivity contribution >= 4 is 35.7 Å². The number of carbonyl (C=O) groups excluding carboxylic acids is 2. The number of alkyl carbamates (subject to hydrolysis) is 1. The number of rotatable bonds is 8. The molecule has 0 unspecified atom stereocenters. The molecule has 3 aromatic rings. The van der Waals surface area contributed by atoms with Crippen molar-refractivity contribution in [1.82, 2.24) is 20.2 Å². The largest absolute Gasteiger partial charge is 0.453 e. The molecule has 9 nitrogen and oxygen atoms in total. The van der Waals surface area contributed by atoms with Gasteiger partial charge in [0.1, 0.15) is 11.9 Å². The highest BCUT2D eigenvalue weighted by atomic mass is 16.5. The molecule has 2 bridgehead atoms. The fraction of sp³-hybridized carbons (Fsp3) is 0.500. The van der Waals surface area contributed by atoms with E-state index < -0.39 is 23.3 Å². The Bertz CT molecular complexity index is 1410. The number of likely N-dealkylation sites (tertiary alicyclic amines) is 1. The summed E-state index contributed by atoms with van der Waals surface area (Å²) in [5.41, 5.74) is 1.31. The molecule has 2 fully saturated rings. The van der Waals surface area contributed by atoms with Gasteiger partial charge >= 0.3 is 13.6 Å². The third-order valence-electron chi connectivity index (χ3n) is 8.89. The van der Waals surface area contributed by atoms with Gasteiger partial charge < -0.3 is 29.7 Å². The number of ether oxygens (including phenoxy) is 1. The molecule has 1 aliphatic heterocycles. The van der Waals surface area contributed by atoms with Gasteiger partial charge in [0.25, 0.3) is 0 Å². The lowest BCUT2D eigenvalue weighted by atomic mass is 9.82. The summed E-state index contributed by atoms with van der Waals surface area (Å²) in [6, 6.07) is 11.9. The topological polar surface area (TPSA) is 117 Å². The number of aromatic nitrogens is 2. The van der Waals surface area contributed by atoms with E-state index in [2.05, 4.69) is 45.4 Å². The fourth-order valence-electron chi connectivity index (χ4n) is 5.80. The molecule has 4 atom stereocenters. The number of fused-ring (bicyclic) bond motifs is 3. The summed E-state index contributed by atoms with van der Waals surface area (Å²) in [7, 11) is 1.70. The maximum atomic E-state index is 13.4. The third kappa shape index (κ3) is 5.34. The van der Waals surface area contributed by atoms with E-state index in [1.54, 1.807) is 20.8 Å². The zero-order valence-corrected chi connectivity index (χ0v) is 24.2. The number of aliphatic hydroxyl groups is 1. The number of hydrogen-bond donors (Lipinski definition) is 3. The third-order valence-corrected chi connectivity index (χ3v) is 8.89. The molecule has 1 saturated carbocycles. The van der Waals surface area contributed by atoms with Crippen LogP contribution in [0.15, 0.2) is 42.6 Å². The molecule has 0 spiro atoms. The summed E-state index contributed by atoms with van der Waals surface area (Å²) >= 11 is 0. The van der Waals surface area contributed by atoms with Gasteiger partial charge in [0, 0.05) is 11.6 Å². The second-order valence-electron chi connectivity index (χ2n) is 12.2. The van der Waals surface area contributed by atoms with E-state index in [1.807, 2.05) is 31.0 Å². The number of aromatic amines is 1. The van der Waals surface area contributed by atoms with Crippen molar-refractivity contribution in [2.45, 2.75) is 83.2 Å². The first-order valence-corrected chi connectivity index (χ1v) is 14.0. The number of H-pyrrole nitrogens is 1. The second-order valence-corrected chi connectivity index (χ2v) is 12.2. The minimum atomic E-state index is -0.956. The summed E-state index contributed by atoms with van der Waals surface area (Å²) < 4.78 is 10.7. The van der Waals surface area contributed by atoms with Crippen LogP contribution >= 0.6 is 0 Å². The first-order chi connectivity index (χ1) is 18.9. The number of nitrogens with one attached hydrogen (secondary N) is 2. The summed E-state index contributed by atoms with van der Waals surface area (Å²) in [6.07, 6.45) is 4.20. The first kappa shape index (κ1) is 28.2. The molecule has 40 heavy (non-hydrogen) atoms. The van der Waals surface area contributed by atoms with Crippen LogP contribution in [0.3, 0.4) is 0 Å². The van der Waals surface area contributed by atoms with Crippen LogP contribution in [0.1, 0.15) is 65.7 Å². The van der Waals surface area contributed by atoms with Gasteiger partial charge in [-0.2, -0.15) is 0 Å². The monoisotopic (exact) mass is 546 g/mol. The lowest BCUT2D eigenvalue weighted by Crippen LogP contribution is -2.50. The van der Waals surface area contributed by atoms with E-state index in [-0.39, 0.29) is 18.0 Å². The first-order valence-electron chi connectivity index (χ1n) is 14.0. The van der Waals surface area contributed by atoms with Crippen molar-refractivity contribution < 1.29 is 24.1 Å². The number of methoxy groups -OCH3 is 1. The fourth-order valence-corrected chi connectivity index (χ4v) is 5.80. The molecule has 212 valence electrons. The van der Waals surface area contributed by atoms with Crippen molar-refractivity contribution in [1.29, 1.82) is 0 Å². The van der Waals surface area contributed by atoms with E-state index in [0.717, 1.165) is 52.6 Å². The Kier molecular flexibility index (Phi) is 7.44. The summed E-state index contributed by atoms with van der Waals surface area (Å²) in [4.78, 5) is 35.2. The quantitative estimate of drug-likeness (QED) is 0.372. The van der Waals surface area contributed by atoms with Crippen LogP contribution in [0.4, 0.5) is 4.79 Å². The van der Waals surface area contributed by atoms with Gasteiger partial charge in [-0.3, -0.25) is 4.79 Å². The number of nitrogens with zero attached hydrogens (tertiary/aromatic N) is 2. The zero-order valence-electron chi connectivity index (χ0n) is 24.2. The molecule has 2 aromatic carbocycles. The molecule has 2 heterocycles.